The van der Waals surface area contributed by atoms with E-state index in [1.807, 2.05) is 0 Å². The Morgan fingerprint density at radius 3 is 2.32 bits per heavy atom. The Kier molecular flexibility index (Phi) is 6.28. The lowest BCUT2D eigenvalue weighted by Crippen LogP contribution is -2.52. The van der Waals surface area contributed by atoms with Crippen molar-refractivity contribution in [2.75, 3.05) is 19.7 Å². The van der Waals surface area contributed by atoms with Crippen molar-refractivity contribution >= 4 is 0 Å². The van der Waals surface area contributed by atoms with Crippen LogP contribution in [0, 0.1) is 17.3 Å². The Morgan fingerprint density at radius 2 is 1.84 bits per heavy atom. The lowest BCUT2D eigenvalue weighted by atomic mass is 9.77. The molecule has 3 N–H and O–H groups in total. The van der Waals surface area contributed by atoms with Crippen LogP contribution < -0.4 is 5.73 Å². The van der Waals surface area contributed by atoms with Gasteiger partial charge in [-0.2, -0.15) is 0 Å². The van der Waals surface area contributed by atoms with Gasteiger partial charge >= 0.3 is 0 Å². The molecule has 1 rings (SSSR count). The summed E-state index contributed by atoms with van der Waals surface area (Å²) in [5, 5.41) is 9.69. The minimum Gasteiger partial charge on any atom is -0.395 e. The topological polar surface area (TPSA) is 49.5 Å². The van der Waals surface area contributed by atoms with E-state index >= 15 is 0 Å². The molecule has 0 aliphatic carbocycles. The number of hydrogen-bond acceptors (Lipinski definition) is 3. The summed E-state index contributed by atoms with van der Waals surface area (Å²) in [5.74, 6) is 1.20. The molecule has 0 radical (unpaired) electrons. The monoisotopic (exact) mass is 270 g/mol. The highest BCUT2D eigenvalue weighted by Crippen LogP contribution is 2.34. The van der Waals surface area contributed by atoms with E-state index in [4.69, 9.17) is 5.73 Å². The molecular weight excluding hydrogens is 236 g/mol. The van der Waals surface area contributed by atoms with Crippen molar-refractivity contribution in [1.29, 1.82) is 0 Å². The van der Waals surface area contributed by atoms with Crippen LogP contribution in [0.25, 0.3) is 0 Å². The number of hydrogen-bond donors (Lipinski definition) is 2. The van der Waals surface area contributed by atoms with Gasteiger partial charge in [0.1, 0.15) is 0 Å². The predicted molar refractivity (Wildman–Crippen MR) is 82.1 cm³/mol. The van der Waals surface area contributed by atoms with Crippen molar-refractivity contribution in [2.45, 2.75) is 66.0 Å². The largest absolute Gasteiger partial charge is 0.395 e. The van der Waals surface area contributed by atoms with Crippen molar-refractivity contribution in [3.63, 3.8) is 0 Å². The molecule has 1 aliphatic heterocycles. The minimum atomic E-state index is 0.0659. The molecule has 19 heavy (non-hydrogen) atoms. The summed E-state index contributed by atoms with van der Waals surface area (Å²) in [7, 11) is 0. The lowest BCUT2D eigenvalue weighted by Gasteiger charge is -2.36. The molecule has 0 saturated carbocycles. The molecule has 3 atom stereocenters. The first-order chi connectivity index (χ1) is 8.77. The average Bonchev–Trinajstić information content (AvgIpc) is 2.55. The molecule has 1 heterocycles. The van der Waals surface area contributed by atoms with Crippen LogP contribution in [-0.4, -0.2) is 41.8 Å². The first kappa shape index (κ1) is 16.9. The van der Waals surface area contributed by atoms with Crippen LogP contribution in [0.5, 0.6) is 0 Å². The summed E-state index contributed by atoms with van der Waals surface area (Å²) in [6, 6.07) is 0.190. The van der Waals surface area contributed by atoms with Crippen LogP contribution >= 0.6 is 0 Å². The summed E-state index contributed by atoms with van der Waals surface area (Å²) in [4.78, 5) is 2.43. The summed E-state index contributed by atoms with van der Waals surface area (Å²) >= 11 is 0. The summed E-state index contributed by atoms with van der Waals surface area (Å²) in [6.45, 7) is 13.7. The quantitative estimate of drug-likeness (QED) is 0.825. The summed E-state index contributed by atoms with van der Waals surface area (Å²) < 4.78 is 0. The second-order valence-electron chi connectivity index (χ2n) is 7.60. The van der Waals surface area contributed by atoms with Crippen LogP contribution in [0.1, 0.15) is 53.9 Å². The molecule has 1 aliphatic rings. The van der Waals surface area contributed by atoms with Gasteiger partial charge in [-0.1, -0.05) is 34.6 Å². The molecule has 114 valence electrons. The smallest absolute Gasteiger partial charge is 0.0602 e. The highest BCUT2D eigenvalue weighted by atomic mass is 16.3. The maximum Gasteiger partial charge on any atom is 0.0602 e. The van der Waals surface area contributed by atoms with E-state index in [0.717, 1.165) is 19.0 Å². The van der Waals surface area contributed by atoms with E-state index in [-0.39, 0.29) is 18.7 Å². The number of nitrogens with two attached hydrogens (primary N) is 1. The third kappa shape index (κ3) is 4.73. The molecule has 1 fully saturated rings. The molecule has 0 aromatic rings. The highest BCUT2D eigenvalue weighted by Gasteiger charge is 2.31. The zero-order valence-electron chi connectivity index (χ0n) is 13.5. The molecule has 0 spiro atoms. The Morgan fingerprint density at radius 1 is 1.21 bits per heavy atom. The molecule has 0 bridgehead atoms. The molecular formula is C16H34N2O. The van der Waals surface area contributed by atoms with Gasteiger partial charge in [-0.25, -0.2) is 0 Å². The van der Waals surface area contributed by atoms with Crippen molar-refractivity contribution < 1.29 is 5.11 Å². The van der Waals surface area contributed by atoms with Gasteiger partial charge in [0, 0.05) is 12.1 Å². The zero-order valence-corrected chi connectivity index (χ0v) is 13.5. The first-order valence-corrected chi connectivity index (χ1v) is 7.88. The van der Waals surface area contributed by atoms with Gasteiger partial charge in [0.2, 0.25) is 0 Å². The van der Waals surface area contributed by atoms with Crippen LogP contribution in [0.4, 0.5) is 0 Å². The number of aliphatic hydroxyl groups is 1. The Labute approximate surface area is 119 Å². The molecule has 0 amide bonds. The van der Waals surface area contributed by atoms with Gasteiger partial charge in [-0.3, -0.25) is 4.90 Å². The van der Waals surface area contributed by atoms with Gasteiger partial charge in [-0.15, -0.1) is 0 Å². The number of rotatable bonds is 4. The standard InChI is InChI=1S/C16H34N2O/c1-12(2)15(17)14(11-19)18-9-6-7-13(8-10-18)16(3,4)5/h12-15,19H,6-11,17H2,1-5H3. The fourth-order valence-corrected chi connectivity index (χ4v) is 3.24. The second-order valence-corrected chi connectivity index (χ2v) is 7.60. The van der Waals surface area contributed by atoms with Crippen molar-refractivity contribution in [3.8, 4) is 0 Å². The lowest BCUT2D eigenvalue weighted by molar-refractivity contribution is 0.0910. The highest BCUT2D eigenvalue weighted by molar-refractivity contribution is 4.87. The molecule has 0 aromatic heterocycles. The second kappa shape index (κ2) is 7.05. The van der Waals surface area contributed by atoms with Crippen LogP contribution in [0.3, 0.4) is 0 Å². The molecule has 3 unspecified atom stereocenters. The Hall–Kier alpha value is -0.120. The summed E-state index contributed by atoms with van der Waals surface area (Å²) in [6.07, 6.45) is 3.75. The Balaban J connectivity index is 2.65. The van der Waals surface area contributed by atoms with Crippen molar-refractivity contribution in [2.24, 2.45) is 23.0 Å². The third-order valence-corrected chi connectivity index (χ3v) is 4.86. The van der Waals surface area contributed by atoms with Crippen LogP contribution in [-0.2, 0) is 0 Å². The molecule has 3 heteroatoms. The molecule has 3 nitrogen and oxygen atoms in total. The van der Waals surface area contributed by atoms with Gasteiger partial charge in [0.25, 0.3) is 0 Å². The van der Waals surface area contributed by atoms with E-state index in [9.17, 15) is 5.11 Å². The van der Waals surface area contributed by atoms with Crippen LogP contribution in [0.15, 0.2) is 0 Å². The Bertz CT molecular complexity index is 260. The van der Waals surface area contributed by atoms with E-state index in [0.29, 0.717) is 11.3 Å². The maximum atomic E-state index is 9.69. The fraction of sp³-hybridized carbons (Fsp3) is 1.00. The molecule has 1 saturated heterocycles. The molecule has 0 aromatic carbocycles. The zero-order chi connectivity index (χ0) is 14.6. The SMILES string of the molecule is CC(C)C(N)C(CO)N1CCCC(C(C)(C)C)CC1. The van der Waals surface area contributed by atoms with E-state index in [2.05, 4.69) is 39.5 Å². The van der Waals surface area contributed by atoms with E-state index in [1.54, 1.807) is 0 Å². The van der Waals surface area contributed by atoms with Gasteiger partial charge in [0.05, 0.1) is 6.61 Å². The fourth-order valence-electron chi connectivity index (χ4n) is 3.24. The van der Waals surface area contributed by atoms with Gasteiger partial charge < -0.3 is 10.8 Å². The third-order valence-electron chi connectivity index (χ3n) is 4.86. The predicted octanol–water partition coefficient (Wildman–Crippen LogP) is 2.48. The first-order valence-electron chi connectivity index (χ1n) is 7.88. The van der Waals surface area contributed by atoms with Crippen molar-refractivity contribution in [1.82, 2.24) is 4.90 Å². The van der Waals surface area contributed by atoms with Crippen molar-refractivity contribution in [3.05, 3.63) is 0 Å². The van der Waals surface area contributed by atoms with E-state index in [1.165, 1.54) is 19.3 Å². The number of nitrogens with zero attached hydrogens (tertiary/aromatic N) is 1. The van der Waals surface area contributed by atoms with Crippen LogP contribution in [0.2, 0.25) is 0 Å². The van der Waals surface area contributed by atoms with Gasteiger partial charge in [-0.05, 0) is 49.6 Å². The van der Waals surface area contributed by atoms with E-state index < -0.39 is 0 Å². The minimum absolute atomic E-state index is 0.0659. The van der Waals surface area contributed by atoms with Gasteiger partial charge in [0.15, 0.2) is 0 Å². The maximum absolute atomic E-state index is 9.69. The number of aliphatic hydroxyl groups excluding tert-OH is 1. The summed E-state index contributed by atoms with van der Waals surface area (Å²) in [5.41, 5.74) is 6.67. The number of likely N-dealkylation sites (tertiary alicyclic amines) is 1. The normalized spacial score (nSPS) is 26.2. The average molecular weight is 270 g/mol.